The van der Waals surface area contributed by atoms with E-state index in [2.05, 4.69) is 50.8 Å². The SMILES string of the molecule is COc1ncccc1CN1C[C@@H]2Cn3c(-c4ccccc4)cnc3C[C@H]2C1. The van der Waals surface area contributed by atoms with Gasteiger partial charge in [-0.2, -0.15) is 0 Å². The number of ether oxygens (including phenoxy) is 1. The van der Waals surface area contributed by atoms with E-state index < -0.39 is 0 Å². The van der Waals surface area contributed by atoms with Crippen LogP contribution in [0.2, 0.25) is 0 Å². The van der Waals surface area contributed by atoms with Crippen LogP contribution in [0.5, 0.6) is 5.88 Å². The molecule has 0 aliphatic carbocycles. The van der Waals surface area contributed by atoms with Crippen LogP contribution in [-0.4, -0.2) is 39.6 Å². The molecule has 0 unspecified atom stereocenters. The van der Waals surface area contributed by atoms with Gasteiger partial charge in [0.2, 0.25) is 5.88 Å². The molecule has 138 valence electrons. The van der Waals surface area contributed by atoms with Gasteiger partial charge < -0.3 is 9.30 Å². The number of rotatable bonds is 4. The quantitative estimate of drug-likeness (QED) is 0.716. The Kier molecular flexibility index (Phi) is 4.17. The first-order valence-electron chi connectivity index (χ1n) is 9.62. The minimum atomic E-state index is 0.678. The number of pyridine rings is 1. The Bertz CT molecular complexity index is 936. The number of benzene rings is 1. The van der Waals surface area contributed by atoms with Gasteiger partial charge in [-0.15, -0.1) is 0 Å². The van der Waals surface area contributed by atoms with Crippen molar-refractivity contribution in [2.75, 3.05) is 20.2 Å². The molecule has 2 aliphatic rings. The van der Waals surface area contributed by atoms with Crippen molar-refractivity contribution in [1.82, 2.24) is 19.4 Å². The number of nitrogens with zero attached hydrogens (tertiary/aromatic N) is 4. The fourth-order valence-electron chi connectivity index (χ4n) is 4.66. The van der Waals surface area contributed by atoms with Gasteiger partial charge in [-0.3, -0.25) is 4.90 Å². The lowest BCUT2D eigenvalue weighted by Crippen LogP contribution is -2.28. The third kappa shape index (κ3) is 3.02. The van der Waals surface area contributed by atoms with Crippen molar-refractivity contribution in [1.29, 1.82) is 0 Å². The number of methoxy groups -OCH3 is 1. The molecule has 2 aromatic heterocycles. The van der Waals surface area contributed by atoms with E-state index in [1.807, 2.05) is 12.3 Å². The first-order chi connectivity index (χ1) is 13.3. The van der Waals surface area contributed by atoms with E-state index in [0.717, 1.165) is 38.5 Å². The van der Waals surface area contributed by atoms with Crippen LogP contribution in [0.4, 0.5) is 0 Å². The number of fused-ring (bicyclic) bond motifs is 2. The lowest BCUT2D eigenvalue weighted by molar-refractivity contribution is 0.299. The van der Waals surface area contributed by atoms with Crippen molar-refractivity contribution >= 4 is 0 Å². The Labute approximate surface area is 159 Å². The zero-order chi connectivity index (χ0) is 18.2. The zero-order valence-electron chi connectivity index (χ0n) is 15.6. The summed E-state index contributed by atoms with van der Waals surface area (Å²) in [5.74, 6) is 3.34. The summed E-state index contributed by atoms with van der Waals surface area (Å²) in [7, 11) is 1.69. The monoisotopic (exact) mass is 360 g/mol. The zero-order valence-corrected chi connectivity index (χ0v) is 15.6. The molecule has 0 spiro atoms. The van der Waals surface area contributed by atoms with Crippen molar-refractivity contribution < 1.29 is 4.74 Å². The topological polar surface area (TPSA) is 43.2 Å². The van der Waals surface area contributed by atoms with Gasteiger partial charge >= 0.3 is 0 Å². The summed E-state index contributed by atoms with van der Waals surface area (Å²) in [5.41, 5.74) is 3.67. The Morgan fingerprint density at radius 3 is 2.70 bits per heavy atom. The molecule has 5 heteroatoms. The molecule has 5 rings (SSSR count). The van der Waals surface area contributed by atoms with E-state index in [4.69, 9.17) is 9.72 Å². The summed E-state index contributed by atoms with van der Waals surface area (Å²) in [6.45, 7) is 4.20. The van der Waals surface area contributed by atoms with Gasteiger partial charge in [0.15, 0.2) is 0 Å². The van der Waals surface area contributed by atoms with Crippen molar-refractivity contribution in [3.63, 3.8) is 0 Å². The van der Waals surface area contributed by atoms with Gasteiger partial charge in [0.1, 0.15) is 5.82 Å². The molecule has 0 bridgehead atoms. The molecule has 0 saturated carbocycles. The van der Waals surface area contributed by atoms with Crippen LogP contribution in [-0.2, 0) is 19.5 Å². The van der Waals surface area contributed by atoms with Gasteiger partial charge in [-0.1, -0.05) is 36.4 Å². The van der Waals surface area contributed by atoms with Crippen LogP contribution in [0.25, 0.3) is 11.3 Å². The summed E-state index contributed by atoms with van der Waals surface area (Å²) in [6.07, 6.45) is 4.90. The van der Waals surface area contributed by atoms with Crippen molar-refractivity contribution in [3.05, 3.63) is 66.2 Å². The maximum atomic E-state index is 5.43. The second kappa shape index (κ2) is 6.82. The Balaban J connectivity index is 1.34. The number of imidazole rings is 1. The molecule has 1 fully saturated rings. The minimum Gasteiger partial charge on any atom is -0.481 e. The van der Waals surface area contributed by atoms with E-state index in [1.54, 1.807) is 13.3 Å². The summed E-state index contributed by atoms with van der Waals surface area (Å²) in [5, 5.41) is 0. The smallest absolute Gasteiger partial charge is 0.217 e. The van der Waals surface area contributed by atoms with Gasteiger partial charge in [-0.05, 0) is 23.5 Å². The molecule has 1 aromatic carbocycles. The van der Waals surface area contributed by atoms with Gasteiger partial charge in [0.05, 0.1) is 19.0 Å². The van der Waals surface area contributed by atoms with Crippen LogP contribution < -0.4 is 4.74 Å². The first-order valence-corrected chi connectivity index (χ1v) is 9.62. The maximum Gasteiger partial charge on any atom is 0.217 e. The predicted octanol–water partition coefficient (Wildman–Crippen LogP) is 3.26. The largest absolute Gasteiger partial charge is 0.481 e. The highest BCUT2D eigenvalue weighted by Crippen LogP contribution is 2.36. The summed E-state index contributed by atoms with van der Waals surface area (Å²) < 4.78 is 7.86. The number of hydrogen-bond donors (Lipinski definition) is 0. The van der Waals surface area contributed by atoms with Crippen LogP contribution in [0.1, 0.15) is 11.4 Å². The van der Waals surface area contributed by atoms with Gasteiger partial charge in [-0.25, -0.2) is 9.97 Å². The molecule has 5 nitrogen and oxygen atoms in total. The van der Waals surface area contributed by atoms with Crippen molar-refractivity contribution in [2.45, 2.75) is 19.5 Å². The fourth-order valence-corrected chi connectivity index (χ4v) is 4.66. The molecular formula is C22H24N4O. The molecule has 0 radical (unpaired) electrons. The molecule has 2 atom stereocenters. The number of aromatic nitrogens is 3. The van der Waals surface area contributed by atoms with Crippen LogP contribution in [0.15, 0.2) is 54.9 Å². The summed E-state index contributed by atoms with van der Waals surface area (Å²) in [6, 6.07) is 14.7. The fraction of sp³-hybridized carbons (Fsp3) is 0.364. The first kappa shape index (κ1) is 16.5. The maximum absolute atomic E-state index is 5.43. The van der Waals surface area contributed by atoms with Crippen LogP contribution in [0.3, 0.4) is 0 Å². The van der Waals surface area contributed by atoms with E-state index >= 15 is 0 Å². The third-order valence-electron chi connectivity index (χ3n) is 5.96. The van der Waals surface area contributed by atoms with Crippen molar-refractivity contribution in [3.8, 4) is 17.1 Å². The molecule has 27 heavy (non-hydrogen) atoms. The lowest BCUT2D eigenvalue weighted by atomic mass is 9.89. The minimum absolute atomic E-state index is 0.678. The van der Waals surface area contributed by atoms with E-state index in [0.29, 0.717) is 11.8 Å². The van der Waals surface area contributed by atoms with Crippen LogP contribution in [0, 0.1) is 11.8 Å². The highest BCUT2D eigenvalue weighted by molar-refractivity contribution is 5.59. The summed E-state index contributed by atoms with van der Waals surface area (Å²) in [4.78, 5) is 11.6. The Hall–Kier alpha value is -2.66. The third-order valence-corrected chi connectivity index (χ3v) is 5.96. The molecular weight excluding hydrogens is 336 g/mol. The molecule has 3 aromatic rings. The average molecular weight is 360 g/mol. The Morgan fingerprint density at radius 2 is 1.85 bits per heavy atom. The number of hydrogen-bond acceptors (Lipinski definition) is 4. The van der Waals surface area contributed by atoms with Gasteiger partial charge in [0, 0.05) is 44.4 Å². The molecule has 4 heterocycles. The van der Waals surface area contributed by atoms with E-state index in [1.165, 1.54) is 22.6 Å². The highest BCUT2D eigenvalue weighted by Gasteiger charge is 2.38. The van der Waals surface area contributed by atoms with Crippen molar-refractivity contribution in [2.24, 2.45) is 11.8 Å². The second-order valence-corrected chi connectivity index (χ2v) is 7.63. The normalized spacial score (nSPS) is 21.7. The Morgan fingerprint density at radius 1 is 1.00 bits per heavy atom. The molecule has 0 amide bonds. The molecule has 1 saturated heterocycles. The second-order valence-electron chi connectivity index (χ2n) is 7.63. The number of likely N-dealkylation sites (tertiary alicyclic amines) is 1. The standard InChI is InChI=1S/C22H24N4O/c1-27-22-17(8-5-9-23-22)12-25-13-18-10-21-24-11-20(16-6-3-2-4-7-16)26(21)15-19(18)14-25/h2-9,11,18-19H,10,12-15H2,1H3/t18-,19+/m0/s1. The highest BCUT2D eigenvalue weighted by atomic mass is 16.5. The van der Waals surface area contributed by atoms with E-state index in [-0.39, 0.29) is 0 Å². The molecule has 2 aliphatic heterocycles. The van der Waals surface area contributed by atoms with Crippen LogP contribution >= 0.6 is 0 Å². The van der Waals surface area contributed by atoms with E-state index in [9.17, 15) is 0 Å². The lowest BCUT2D eigenvalue weighted by Gasteiger charge is -2.27. The summed E-state index contributed by atoms with van der Waals surface area (Å²) >= 11 is 0. The predicted molar refractivity (Wildman–Crippen MR) is 104 cm³/mol. The average Bonchev–Trinajstić information content (AvgIpc) is 3.29. The molecule has 0 N–H and O–H groups in total. The van der Waals surface area contributed by atoms with Gasteiger partial charge in [0.25, 0.3) is 0 Å².